The number of thiophene rings is 1. The SMILES string of the molecule is CCCSCC(=O)N(Cc1ccsc1)C1CC12CCNCC2. The molecule has 5 heteroatoms. The monoisotopic (exact) mass is 338 g/mol. The van der Waals surface area contributed by atoms with Crippen LogP contribution in [0, 0.1) is 5.41 Å². The van der Waals surface area contributed by atoms with Gasteiger partial charge in [0.05, 0.1) is 5.75 Å². The standard InChI is InChI=1S/C17H26N2OS2/c1-2-8-21-13-16(20)19(11-14-3-9-22-12-14)15-10-17(15)4-6-18-7-5-17/h3,9,12,15,18H,2,4-8,10-11,13H2,1H3. The Morgan fingerprint density at radius 1 is 1.50 bits per heavy atom. The highest BCUT2D eigenvalue weighted by atomic mass is 32.2. The highest BCUT2D eigenvalue weighted by molar-refractivity contribution is 7.99. The van der Waals surface area contributed by atoms with Crippen molar-refractivity contribution in [2.24, 2.45) is 5.41 Å². The van der Waals surface area contributed by atoms with Gasteiger partial charge in [-0.1, -0.05) is 6.92 Å². The number of nitrogens with one attached hydrogen (secondary N) is 1. The van der Waals surface area contributed by atoms with E-state index in [1.54, 1.807) is 23.1 Å². The van der Waals surface area contributed by atoms with Gasteiger partial charge in [0, 0.05) is 12.6 Å². The van der Waals surface area contributed by atoms with Crippen LogP contribution in [0.3, 0.4) is 0 Å². The third kappa shape index (κ3) is 3.69. The molecule has 0 aromatic carbocycles. The summed E-state index contributed by atoms with van der Waals surface area (Å²) in [5.74, 6) is 2.06. The van der Waals surface area contributed by atoms with Crippen molar-refractivity contribution in [2.45, 2.75) is 45.2 Å². The molecule has 1 unspecified atom stereocenters. The van der Waals surface area contributed by atoms with Gasteiger partial charge < -0.3 is 10.2 Å². The number of piperidine rings is 1. The van der Waals surface area contributed by atoms with Crippen molar-refractivity contribution in [3.63, 3.8) is 0 Å². The minimum absolute atomic E-state index is 0.338. The first kappa shape index (κ1) is 16.3. The van der Waals surface area contributed by atoms with Crippen LogP contribution in [0.25, 0.3) is 0 Å². The Hall–Kier alpha value is -0.520. The zero-order chi connectivity index (χ0) is 15.4. The molecule has 1 atom stereocenters. The van der Waals surface area contributed by atoms with Gasteiger partial charge in [0.15, 0.2) is 0 Å². The molecule has 2 fully saturated rings. The number of carbonyl (C=O) groups is 1. The Balaban J connectivity index is 1.65. The Morgan fingerprint density at radius 3 is 3.00 bits per heavy atom. The van der Waals surface area contributed by atoms with Crippen LogP contribution in [0.5, 0.6) is 0 Å². The van der Waals surface area contributed by atoms with E-state index in [0.29, 0.717) is 23.1 Å². The van der Waals surface area contributed by atoms with E-state index < -0.39 is 0 Å². The van der Waals surface area contributed by atoms with Gasteiger partial charge in [0.25, 0.3) is 0 Å². The predicted octanol–water partition coefficient (Wildman–Crippen LogP) is 3.36. The van der Waals surface area contributed by atoms with Gasteiger partial charge in [-0.05, 0) is 72.3 Å². The second-order valence-corrected chi connectivity index (χ2v) is 8.42. The summed E-state index contributed by atoms with van der Waals surface area (Å²) in [7, 11) is 0. The molecule has 1 aliphatic carbocycles. The normalized spacial score (nSPS) is 22.7. The van der Waals surface area contributed by atoms with Gasteiger partial charge in [-0.25, -0.2) is 0 Å². The Morgan fingerprint density at radius 2 is 2.32 bits per heavy atom. The molecule has 122 valence electrons. The molecule has 1 N–H and O–H groups in total. The lowest BCUT2D eigenvalue weighted by molar-refractivity contribution is -0.130. The first-order chi connectivity index (χ1) is 10.7. The second kappa shape index (κ2) is 7.37. The van der Waals surface area contributed by atoms with Crippen LogP contribution >= 0.6 is 23.1 Å². The van der Waals surface area contributed by atoms with Crippen molar-refractivity contribution in [1.29, 1.82) is 0 Å². The fraction of sp³-hybridized carbons (Fsp3) is 0.706. The third-order valence-electron chi connectivity index (χ3n) is 4.95. The molecule has 1 amide bonds. The maximum atomic E-state index is 12.7. The summed E-state index contributed by atoms with van der Waals surface area (Å²) in [4.78, 5) is 14.9. The van der Waals surface area contributed by atoms with Crippen LogP contribution in [0.2, 0.25) is 0 Å². The Bertz CT molecular complexity index is 483. The molecule has 1 aromatic rings. The van der Waals surface area contributed by atoms with E-state index >= 15 is 0 Å². The van der Waals surface area contributed by atoms with Gasteiger partial charge >= 0.3 is 0 Å². The molecule has 2 aliphatic rings. The van der Waals surface area contributed by atoms with Crippen molar-refractivity contribution < 1.29 is 4.79 Å². The number of hydrogen-bond acceptors (Lipinski definition) is 4. The Labute approximate surface area is 141 Å². The van der Waals surface area contributed by atoms with Crippen molar-refractivity contribution in [3.8, 4) is 0 Å². The van der Waals surface area contributed by atoms with E-state index in [1.807, 2.05) is 0 Å². The first-order valence-corrected chi connectivity index (χ1v) is 10.4. The summed E-state index contributed by atoms with van der Waals surface area (Å²) in [5, 5.41) is 7.74. The average molecular weight is 339 g/mol. The van der Waals surface area contributed by atoms with Gasteiger partial charge in [-0.15, -0.1) is 0 Å². The molecule has 2 heterocycles. The molecule has 1 saturated carbocycles. The summed E-state index contributed by atoms with van der Waals surface area (Å²) in [5.41, 5.74) is 1.71. The minimum Gasteiger partial charge on any atom is -0.334 e. The number of carbonyl (C=O) groups excluding carboxylic acids is 1. The zero-order valence-corrected chi connectivity index (χ0v) is 15.0. The summed E-state index contributed by atoms with van der Waals surface area (Å²) >= 11 is 3.50. The van der Waals surface area contributed by atoms with E-state index in [1.165, 1.54) is 24.8 Å². The molecule has 1 spiro atoms. The van der Waals surface area contributed by atoms with Crippen molar-refractivity contribution in [1.82, 2.24) is 10.2 Å². The molecule has 1 aliphatic heterocycles. The summed E-state index contributed by atoms with van der Waals surface area (Å²) in [6.45, 7) is 5.20. The number of nitrogens with zero attached hydrogens (tertiary/aromatic N) is 1. The van der Waals surface area contributed by atoms with Gasteiger partial charge in [0.1, 0.15) is 0 Å². The van der Waals surface area contributed by atoms with Crippen molar-refractivity contribution >= 4 is 29.0 Å². The fourth-order valence-corrected chi connectivity index (χ4v) is 5.00. The largest absolute Gasteiger partial charge is 0.334 e. The summed E-state index contributed by atoms with van der Waals surface area (Å²) in [6, 6.07) is 2.63. The van der Waals surface area contributed by atoms with Crippen molar-refractivity contribution in [3.05, 3.63) is 22.4 Å². The summed E-state index contributed by atoms with van der Waals surface area (Å²) < 4.78 is 0. The molecular formula is C17H26N2OS2. The molecule has 3 rings (SSSR count). The fourth-order valence-electron chi connectivity index (χ4n) is 3.57. The summed E-state index contributed by atoms with van der Waals surface area (Å²) in [6.07, 6.45) is 4.81. The predicted molar refractivity (Wildman–Crippen MR) is 95.4 cm³/mol. The van der Waals surface area contributed by atoms with Gasteiger partial charge in [-0.3, -0.25) is 4.79 Å². The first-order valence-electron chi connectivity index (χ1n) is 8.34. The molecule has 1 aromatic heterocycles. The molecule has 0 bridgehead atoms. The lowest BCUT2D eigenvalue weighted by atomic mass is 9.93. The quantitative estimate of drug-likeness (QED) is 0.774. The van der Waals surface area contributed by atoms with Gasteiger partial charge in [-0.2, -0.15) is 23.1 Å². The smallest absolute Gasteiger partial charge is 0.233 e. The van der Waals surface area contributed by atoms with Crippen LogP contribution in [-0.2, 0) is 11.3 Å². The zero-order valence-electron chi connectivity index (χ0n) is 13.3. The molecular weight excluding hydrogens is 312 g/mol. The van der Waals surface area contributed by atoms with E-state index in [4.69, 9.17) is 0 Å². The number of hydrogen-bond donors (Lipinski definition) is 1. The van der Waals surface area contributed by atoms with Crippen LogP contribution in [0.4, 0.5) is 0 Å². The molecule has 0 radical (unpaired) electrons. The third-order valence-corrected chi connectivity index (χ3v) is 6.83. The maximum absolute atomic E-state index is 12.7. The number of thioether (sulfide) groups is 1. The van der Waals surface area contributed by atoms with Gasteiger partial charge in [0.2, 0.25) is 5.91 Å². The lowest BCUT2D eigenvalue weighted by Gasteiger charge is -2.29. The maximum Gasteiger partial charge on any atom is 0.233 e. The average Bonchev–Trinajstić information content (AvgIpc) is 2.98. The minimum atomic E-state index is 0.338. The van der Waals surface area contributed by atoms with Crippen molar-refractivity contribution in [2.75, 3.05) is 24.6 Å². The molecule has 3 nitrogen and oxygen atoms in total. The van der Waals surface area contributed by atoms with Crippen LogP contribution in [0.1, 0.15) is 38.2 Å². The lowest BCUT2D eigenvalue weighted by Crippen LogP contribution is -2.39. The van der Waals surface area contributed by atoms with E-state index in [0.717, 1.165) is 31.8 Å². The highest BCUT2D eigenvalue weighted by Gasteiger charge is 2.57. The van der Waals surface area contributed by atoms with E-state index in [2.05, 4.69) is 34.0 Å². The highest BCUT2D eigenvalue weighted by Crippen LogP contribution is 2.56. The topological polar surface area (TPSA) is 32.3 Å². The Kier molecular flexibility index (Phi) is 5.47. The number of amides is 1. The van der Waals surface area contributed by atoms with E-state index in [9.17, 15) is 4.79 Å². The molecule has 22 heavy (non-hydrogen) atoms. The molecule has 1 saturated heterocycles. The van der Waals surface area contributed by atoms with Crippen LogP contribution in [0.15, 0.2) is 16.8 Å². The number of rotatable bonds is 7. The van der Waals surface area contributed by atoms with E-state index in [-0.39, 0.29) is 0 Å². The van der Waals surface area contributed by atoms with Crippen LogP contribution in [-0.4, -0.2) is 41.4 Å². The van der Waals surface area contributed by atoms with Crippen LogP contribution < -0.4 is 5.32 Å². The second-order valence-electron chi connectivity index (χ2n) is 6.54.